The Morgan fingerprint density at radius 1 is 1.41 bits per heavy atom. The lowest BCUT2D eigenvalue weighted by Gasteiger charge is -2.26. The molecule has 1 saturated heterocycles. The summed E-state index contributed by atoms with van der Waals surface area (Å²) in [6.45, 7) is 2.98. The molecule has 0 unspecified atom stereocenters. The first kappa shape index (κ1) is 15.5. The Morgan fingerprint density at radius 2 is 2.23 bits per heavy atom. The molecule has 0 aliphatic carbocycles. The molecular weight excluding hydrogens is 300 g/mol. The predicted octanol–water partition coefficient (Wildman–Crippen LogP) is 2.72. The number of likely N-dealkylation sites (N-methyl/N-ethyl adjacent to an activating group) is 1. The third-order valence-corrected chi connectivity index (χ3v) is 4.61. The summed E-state index contributed by atoms with van der Waals surface area (Å²) < 4.78 is 5.47. The summed E-state index contributed by atoms with van der Waals surface area (Å²) in [7, 11) is 2.01. The number of hydrogen-bond donors (Lipinski definition) is 0. The Kier molecular flexibility index (Phi) is 4.81. The van der Waals surface area contributed by atoms with Crippen LogP contribution < -0.4 is 4.90 Å². The smallest absolute Gasteiger partial charge is 0.244 e. The van der Waals surface area contributed by atoms with Crippen LogP contribution in [-0.4, -0.2) is 50.2 Å². The molecule has 1 aromatic carbocycles. The Morgan fingerprint density at radius 3 is 2.95 bits per heavy atom. The van der Waals surface area contributed by atoms with Gasteiger partial charge in [0.25, 0.3) is 0 Å². The second kappa shape index (κ2) is 6.82. The van der Waals surface area contributed by atoms with Gasteiger partial charge in [-0.25, -0.2) is 0 Å². The molecule has 0 aromatic heterocycles. The molecule has 0 N–H and O–H groups in total. The molecule has 1 fully saturated rings. The van der Waals surface area contributed by atoms with E-state index in [0.717, 1.165) is 31.7 Å². The third-order valence-electron chi connectivity index (χ3n) is 4.29. The quantitative estimate of drug-likeness (QED) is 0.800. The molecule has 0 bridgehead atoms. The van der Waals surface area contributed by atoms with Gasteiger partial charge in [-0.2, -0.15) is 0 Å². The lowest BCUT2D eigenvalue weighted by Crippen LogP contribution is -2.41. The van der Waals surface area contributed by atoms with Crippen LogP contribution in [0.15, 0.2) is 35.9 Å². The molecule has 0 radical (unpaired) electrons. The number of anilines is 1. The van der Waals surface area contributed by atoms with Crippen LogP contribution in [0.25, 0.3) is 0 Å². The third kappa shape index (κ3) is 3.19. The maximum Gasteiger partial charge on any atom is 0.244 e. The molecule has 1 aromatic rings. The van der Waals surface area contributed by atoms with E-state index < -0.39 is 0 Å². The standard InChI is InChI=1S/C17H21ClN2O2/c1-19(11-13-5-4-10-22-12-13)16-8-9-20(17(16)21)15-7-3-2-6-14(15)18/h2-3,5-7,16H,4,8-12H2,1H3/t16-/m0/s1. The van der Waals surface area contributed by atoms with E-state index in [-0.39, 0.29) is 11.9 Å². The van der Waals surface area contributed by atoms with Crippen LogP contribution in [0, 0.1) is 0 Å². The molecule has 2 aliphatic rings. The van der Waals surface area contributed by atoms with E-state index in [2.05, 4.69) is 11.0 Å². The summed E-state index contributed by atoms with van der Waals surface area (Å²) in [5.74, 6) is 0.132. The molecule has 3 rings (SSSR count). The van der Waals surface area contributed by atoms with Crippen molar-refractivity contribution in [2.45, 2.75) is 18.9 Å². The number of halogens is 1. The zero-order chi connectivity index (χ0) is 15.5. The van der Waals surface area contributed by atoms with Crippen molar-refractivity contribution in [2.75, 3.05) is 38.3 Å². The minimum Gasteiger partial charge on any atom is -0.377 e. The topological polar surface area (TPSA) is 32.8 Å². The van der Waals surface area contributed by atoms with Gasteiger partial charge in [0.1, 0.15) is 0 Å². The summed E-state index contributed by atoms with van der Waals surface area (Å²) in [4.78, 5) is 16.6. The molecule has 118 valence electrons. The highest BCUT2D eigenvalue weighted by Gasteiger charge is 2.36. The van der Waals surface area contributed by atoms with Gasteiger partial charge >= 0.3 is 0 Å². The van der Waals surface area contributed by atoms with Gasteiger partial charge in [-0.05, 0) is 37.6 Å². The van der Waals surface area contributed by atoms with Crippen molar-refractivity contribution in [2.24, 2.45) is 0 Å². The Balaban J connectivity index is 1.68. The first-order valence-corrected chi connectivity index (χ1v) is 8.06. The van der Waals surface area contributed by atoms with Crippen LogP contribution in [-0.2, 0) is 9.53 Å². The van der Waals surface area contributed by atoms with Crippen LogP contribution >= 0.6 is 11.6 Å². The van der Waals surface area contributed by atoms with Gasteiger partial charge < -0.3 is 9.64 Å². The van der Waals surface area contributed by atoms with E-state index in [1.165, 1.54) is 5.57 Å². The van der Waals surface area contributed by atoms with E-state index in [4.69, 9.17) is 16.3 Å². The average Bonchev–Trinajstić information content (AvgIpc) is 2.90. The Labute approximate surface area is 136 Å². The number of amides is 1. The van der Waals surface area contributed by atoms with Crippen LogP contribution in [0.4, 0.5) is 5.69 Å². The molecule has 1 atom stereocenters. The maximum atomic E-state index is 12.7. The van der Waals surface area contributed by atoms with Gasteiger partial charge in [0.05, 0.1) is 30.0 Å². The minimum atomic E-state index is -0.0842. The molecular formula is C17H21ClN2O2. The van der Waals surface area contributed by atoms with E-state index in [9.17, 15) is 4.79 Å². The maximum absolute atomic E-state index is 12.7. The highest BCUT2D eigenvalue weighted by atomic mass is 35.5. The number of benzene rings is 1. The zero-order valence-electron chi connectivity index (χ0n) is 12.8. The van der Waals surface area contributed by atoms with E-state index in [0.29, 0.717) is 18.2 Å². The molecule has 4 nitrogen and oxygen atoms in total. The Bertz CT molecular complexity index is 588. The lowest BCUT2D eigenvalue weighted by atomic mass is 10.1. The van der Waals surface area contributed by atoms with Crippen LogP contribution in [0.5, 0.6) is 0 Å². The second-order valence-electron chi connectivity index (χ2n) is 5.86. The number of nitrogens with zero attached hydrogens (tertiary/aromatic N) is 2. The van der Waals surface area contributed by atoms with E-state index >= 15 is 0 Å². The summed E-state index contributed by atoms with van der Waals surface area (Å²) in [5, 5.41) is 0.627. The fourth-order valence-electron chi connectivity index (χ4n) is 3.13. The Hall–Kier alpha value is -1.36. The van der Waals surface area contributed by atoms with Crippen molar-refractivity contribution in [1.29, 1.82) is 0 Å². The van der Waals surface area contributed by atoms with Gasteiger partial charge in [-0.1, -0.05) is 29.8 Å². The molecule has 1 amide bonds. The van der Waals surface area contributed by atoms with Crippen molar-refractivity contribution < 1.29 is 9.53 Å². The highest BCUT2D eigenvalue weighted by molar-refractivity contribution is 6.33. The van der Waals surface area contributed by atoms with Crippen LogP contribution in [0.1, 0.15) is 12.8 Å². The summed E-state index contributed by atoms with van der Waals surface area (Å²) in [5.41, 5.74) is 2.07. The SMILES string of the molecule is CN(CC1=CCCOC1)[C@H]1CCN(c2ccccc2Cl)C1=O. The number of para-hydroxylation sites is 1. The number of ether oxygens (including phenoxy) is 1. The van der Waals surface area contributed by atoms with Gasteiger partial charge in [0.15, 0.2) is 0 Å². The minimum absolute atomic E-state index is 0.0842. The van der Waals surface area contributed by atoms with E-state index in [1.807, 2.05) is 31.3 Å². The first-order valence-electron chi connectivity index (χ1n) is 7.68. The molecule has 22 heavy (non-hydrogen) atoms. The van der Waals surface area contributed by atoms with Crippen molar-refractivity contribution in [3.63, 3.8) is 0 Å². The fraction of sp³-hybridized carbons (Fsp3) is 0.471. The van der Waals surface area contributed by atoms with E-state index in [1.54, 1.807) is 4.90 Å². The molecule has 5 heteroatoms. The number of hydrogen-bond acceptors (Lipinski definition) is 3. The number of rotatable bonds is 4. The van der Waals surface area contributed by atoms with Gasteiger partial charge in [0.2, 0.25) is 5.91 Å². The summed E-state index contributed by atoms with van der Waals surface area (Å²) >= 11 is 6.22. The summed E-state index contributed by atoms with van der Waals surface area (Å²) in [6, 6.07) is 7.44. The van der Waals surface area contributed by atoms with Crippen molar-refractivity contribution in [3.8, 4) is 0 Å². The van der Waals surface area contributed by atoms with Gasteiger partial charge in [-0.15, -0.1) is 0 Å². The summed E-state index contributed by atoms with van der Waals surface area (Å²) in [6.07, 6.45) is 4.02. The van der Waals surface area contributed by atoms with Crippen LogP contribution in [0.3, 0.4) is 0 Å². The fourth-order valence-corrected chi connectivity index (χ4v) is 3.37. The molecule has 0 saturated carbocycles. The number of carbonyl (C=O) groups is 1. The largest absolute Gasteiger partial charge is 0.377 e. The average molecular weight is 321 g/mol. The van der Waals surface area contributed by atoms with Crippen LogP contribution in [0.2, 0.25) is 5.02 Å². The second-order valence-corrected chi connectivity index (χ2v) is 6.27. The highest BCUT2D eigenvalue weighted by Crippen LogP contribution is 2.30. The van der Waals surface area contributed by atoms with Gasteiger partial charge in [0, 0.05) is 13.1 Å². The first-order chi connectivity index (χ1) is 10.7. The molecule has 2 heterocycles. The van der Waals surface area contributed by atoms with Crippen molar-refractivity contribution in [3.05, 3.63) is 40.9 Å². The normalized spacial score (nSPS) is 22.3. The molecule has 2 aliphatic heterocycles. The monoisotopic (exact) mass is 320 g/mol. The lowest BCUT2D eigenvalue weighted by molar-refractivity contribution is -0.121. The van der Waals surface area contributed by atoms with Gasteiger partial charge in [-0.3, -0.25) is 9.69 Å². The molecule has 0 spiro atoms. The van der Waals surface area contributed by atoms with Crippen molar-refractivity contribution >= 4 is 23.2 Å². The van der Waals surface area contributed by atoms with Crippen molar-refractivity contribution in [1.82, 2.24) is 4.90 Å². The predicted molar refractivity (Wildman–Crippen MR) is 88.4 cm³/mol. The number of carbonyl (C=O) groups excluding carboxylic acids is 1. The zero-order valence-corrected chi connectivity index (χ0v) is 13.6.